The van der Waals surface area contributed by atoms with Crippen LogP contribution in [0.5, 0.6) is 0 Å². The first-order chi connectivity index (χ1) is 12.7. The summed E-state index contributed by atoms with van der Waals surface area (Å²) in [5.74, 6) is -0.269. The van der Waals surface area contributed by atoms with E-state index in [4.69, 9.17) is 4.74 Å². The van der Waals surface area contributed by atoms with E-state index in [0.717, 1.165) is 18.5 Å². The zero-order valence-electron chi connectivity index (χ0n) is 15.2. The highest BCUT2D eigenvalue weighted by Gasteiger charge is 2.34. The summed E-state index contributed by atoms with van der Waals surface area (Å²) in [4.78, 5) is 14.5. The minimum atomic E-state index is -0.269. The molecule has 2 aromatic carbocycles. The molecule has 2 heterocycles. The number of benzene rings is 2. The van der Waals surface area contributed by atoms with Crippen molar-refractivity contribution >= 4 is 11.5 Å². The van der Waals surface area contributed by atoms with Crippen LogP contribution in [0.2, 0.25) is 0 Å². The standard InChI is InChI=1S/C23H25NO2/c1-26-23(25)19-10-5-9-18(13-19)20-14-21-11-6-12-22(15-20)24(21)16-17-7-3-2-4-8-17/h2-5,7-10,13-14,21-22H,6,11-12,15-16H2,1H3. The predicted octanol–water partition coefficient (Wildman–Crippen LogP) is 4.68. The van der Waals surface area contributed by atoms with Crippen LogP contribution in [0.25, 0.3) is 5.57 Å². The second-order valence-corrected chi connectivity index (χ2v) is 7.28. The lowest BCUT2D eigenvalue weighted by Gasteiger charge is -2.45. The van der Waals surface area contributed by atoms with E-state index in [9.17, 15) is 4.79 Å². The van der Waals surface area contributed by atoms with Gasteiger partial charge in [-0.25, -0.2) is 4.79 Å². The molecule has 26 heavy (non-hydrogen) atoms. The summed E-state index contributed by atoms with van der Waals surface area (Å²) in [5, 5.41) is 0. The number of carbonyl (C=O) groups is 1. The van der Waals surface area contributed by atoms with Gasteiger partial charge in [0.25, 0.3) is 0 Å². The summed E-state index contributed by atoms with van der Waals surface area (Å²) < 4.78 is 4.87. The Hall–Kier alpha value is -2.39. The van der Waals surface area contributed by atoms with Crippen LogP contribution in [0, 0.1) is 0 Å². The number of ether oxygens (including phenoxy) is 1. The van der Waals surface area contributed by atoms with Gasteiger partial charge < -0.3 is 4.74 Å². The van der Waals surface area contributed by atoms with Gasteiger partial charge in [0.05, 0.1) is 12.7 Å². The van der Waals surface area contributed by atoms with Crippen molar-refractivity contribution in [3.63, 3.8) is 0 Å². The maximum Gasteiger partial charge on any atom is 0.337 e. The monoisotopic (exact) mass is 347 g/mol. The van der Waals surface area contributed by atoms with Crippen molar-refractivity contribution in [1.82, 2.24) is 4.90 Å². The zero-order valence-corrected chi connectivity index (χ0v) is 15.2. The normalized spacial score (nSPS) is 22.6. The molecule has 2 aliphatic heterocycles. The third-order valence-electron chi connectivity index (χ3n) is 5.64. The number of carbonyl (C=O) groups excluding carboxylic acids is 1. The molecule has 0 spiro atoms. The van der Waals surface area contributed by atoms with Crippen LogP contribution < -0.4 is 0 Å². The molecule has 3 nitrogen and oxygen atoms in total. The molecule has 134 valence electrons. The van der Waals surface area contributed by atoms with Gasteiger partial charge in [0.15, 0.2) is 0 Å². The molecule has 0 radical (unpaired) electrons. The average molecular weight is 347 g/mol. The number of hydrogen-bond acceptors (Lipinski definition) is 3. The van der Waals surface area contributed by atoms with Gasteiger partial charge in [0, 0.05) is 18.6 Å². The Labute approximate surface area is 155 Å². The Morgan fingerprint density at radius 3 is 2.73 bits per heavy atom. The first-order valence-corrected chi connectivity index (χ1v) is 9.44. The zero-order chi connectivity index (χ0) is 17.9. The number of rotatable bonds is 4. The van der Waals surface area contributed by atoms with Gasteiger partial charge in [-0.05, 0) is 48.1 Å². The molecule has 4 rings (SSSR count). The molecule has 2 unspecified atom stereocenters. The summed E-state index contributed by atoms with van der Waals surface area (Å²) in [6.07, 6.45) is 7.23. The minimum Gasteiger partial charge on any atom is -0.465 e. The number of methoxy groups -OCH3 is 1. The fourth-order valence-corrected chi connectivity index (χ4v) is 4.34. The van der Waals surface area contributed by atoms with Crippen LogP contribution in [0.15, 0.2) is 60.7 Å². The number of hydrogen-bond donors (Lipinski definition) is 0. The Kier molecular flexibility index (Phi) is 4.89. The van der Waals surface area contributed by atoms with Gasteiger partial charge in [-0.3, -0.25) is 4.90 Å². The van der Waals surface area contributed by atoms with E-state index >= 15 is 0 Å². The van der Waals surface area contributed by atoms with E-state index in [-0.39, 0.29) is 5.97 Å². The van der Waals surface area contributed by atoms with Crippen molar-refractivity contribution in [2.75, 3.05) is 7.11 Å². The van der Waals surface area contributed by atoms with Crippen LogP contribution in [0.4, 0.5) is 0 Å². The minimum absolute atomic E-state index is 0.269. The first-order valence-electron chi connectivity index (χ1n) is 9.44. The van der Waals surface area contributed by atoms with Gasteiger partial charge >= 0.3 is 5.97 Å². The van der Waals surface area contributed by atoms with Gasteiger partial charge in [-0.1, -0.05) is 55.0 Å². The predicted molar refractivity (Wildman–Crippen MR) is 104 cm³/mol. The highest BCUT2D eigenvalue weighted by Crippen LogP contribution is 2.38. The van der Waals surface area contributed by atoms with Crippen LogP contribution in [-0.2, 0) is 11.3 Å². The third kappa shape index (κ3) is 3.45. The summed E-state index contributed by atoms with van der Waals surface area (Å²) >= 11 is 0. The summed E-state index contributed by atoms with van der Waals surface area (Å²) in [7, 11) is 1.43. The molecule has 2 aliphatic rings. The summed E-state index contributed by atoms with van der Waals surface area (Å²) in [6.45, 7) is 1.02. The van der Waals surface area contributed by atoms with Gasteiger partial charge in [-0.15, -0.1) is 0 Å². The van der Waals surface area contributed by atoms with Crippen molar-refractivity contribution in [3.8, 4) is 0 Å². The molecule has 0 aliphatic carbocycles. The van der Waals surface area contributed by atoms with Gasteiger partial charge in [-0.2, -0.15) is 0 Å². The molecule has 1 saturated heterocycles. The van der Waals surface area contributed by atoms with Crippen LogP contribution in [0.3, 0.4) is 0 Å². The topological polar surface area (TPSA) is 29.5 Å². The fourth-order valence-electron chi connectivity index (χ4n) is 4.34. The van der Waals surface area contributed by atoms with Crippen molar-refractivity contribution in [3.05, 3.63) is 77.4 Å². The lowest BCUT2D eigenvalue weighted by Crippen LogP contribution is -2.47. The van der Waals surface area contributed by atoms with Gasteiger partial charge in [0.1, 0.15) is 0 Å². The molecule has 2 bridgehead atoms. The van der Waals surface area contributed by atoms with E-state index < -0.39 is 0 Å². The highest BCUT2D eigenvalue weighted by molar-refractivity contribution is 5.90. The second-order valence-electron chi connectivity index (χ2n) is 7.28. The molecule has 3 heteroatoms. The largest absolute Gasteiger partial charge is 0.465 e. The summed E-state index contributed by atoms with van der Waals surface area (Å²) in [5.41, 5.74) is 4.54. The maximum atomic E-state index is 11.8. The number of nitrogens with zero attached hydrogens (tertiary/aromatic N) is 1. The molecule has 0 N–H and O–H groups in total. The lowest BCUT2D eigenvalue weighted by molar-refractivity contribution is 0.0600. The molecule has 1 fully saturated rings. The molecular formula is C23H25NO2. The Morgan fingerprint density at radius 1 is 1.12 bits per heavy atom. The van der Waals surface area contributed by atoms with Crippen molar-refractivity contribution in [1.29, 1.82) is 0 Å². The first kappa shape index (κ1) is 17.0. The summed E-state index contributed by atoms with van der Waals surface area (Å²) in [6, 6.07) is 19.7. The van der Waals surface area contributed by atoms with Crippen molar-refractivity contribution in [2.45, 2.75) is 44.3 Å². The van der Waals surface area contributed by atoms with Gasteiger partial charge in [0.2, 0.25) is 0 Å². The molecule has 0 aromatic heterocycles. The van der Waals surface area contributed by atoms with E-state index in [1.807, 2.05) is 18.2 Å². The van der Waals surface area contributed by atoms with Crippen LogP contribution in [0.1, 0.15) is 47.2 Å². The molecular weight excluding hydrogens is 322 g/mol. The van der Waals surface area contributed by atoms with E-state index in [1.54, 1.807) is 0 Å². The highest BCUT2D eigenvalue weighted by atomic mass is 16.5. The number of piperidine rings is 1. The molecule has 2 atom stereocenters. The smallest absolute Gasteiger partial charge is 0.337 e. The SMILES string of the molecule is COC(=O)c1cccc(C2=CC3CCCC(C2)N3Cc2ccccc2)c1. The fraction of sp³-hybridized carbons (Fsp3) is 0.348. The van der Waals surface area contributed by atoms with Crippen molar-refractivity contribution in [2.24, 2.45) is 0 Å². The van der Waals surface area contributed by atoms with E-state index in [2.05, 4.69) is 47.4 Å². The average Bonchev–Trinajstić information content (AvgIpc) is 2.68. The molecule has 2 aromatic rings. The molecule has 0 amide bonds. The van der Waals surface area contributed by atoms with Crippen molar-refractivity contribution < 1.29 is 9.53 Å². The Bertz CT molecular complexity index is 812. The quantitative estimate of drug-likeness (QED) is 0.752. The maximum absolute atomic E-state index is 11.8. The molecule has 0 saturated carbocycles. The Balaban J connectivity index is 1.59. The van der Waals surface area contributed by atoms with Crippen LogP contribution >= 0.6 is 0 Å². The number of esters is 1. The van der Waals surface area contributed by atoms with E-state index in [1.165, 1.54) is 37.5 Å². The second kappa shape index (κ2) is 7.46. The third-order valence-corrected chi connectivity index (χ3v) is 5.64. The number of fused-ring (bicyclic) bond motifs is 2. The Morgan fingerprint density at radius 2 is 1.96 bits per heavy atom. The van der Waals surface area contributed by atoms with Crippen LogP contribution in [-0.4, -0.2) is 30.1 Å². The lowest BCUT2D eigenvalue weighted by atomic mass is 9.82. The van der Waals surface area contributed by atoms with E-state index in [0.29, 0.717) is 17.6 Å².